The molecule has 7 nitrogen and oxygen atoms in total. The molecule has 216 valence electrons. The third-order valence-corrected chi connectivity index (χ3v) is 8.76. The summed E-state index contributed by atoms with van der Waals surface area (Å²) in [6.45, 7) is 6.80. The van der Waals surface area contributed by atoms with Crippen LogP contribution in [0, 0.1) is 11.6 Å². The molecule has 0 saturated carbocycles. The van der Waals surface area contributed by atoms with Crippen molar-refractivity contribution in [2.75, 3.05) is 19.6 Å². The van der Waals surface area contributed by atoms with Crippen molar-refractivity contribution in [2.24, 2.45) is 0 Å². The van der Waals surface area contributed by atoms with Gasteiger partial charge in [-0.25, -0.2) is 17.2 Å². The lowest BCUT2D eigenvalue weighted by Crippen LogP contribution is -2.48. The van der Waals surface area contributed by atoms with Crippen molar-refractivity contribution >= 4 is 15.9 Å². The Balaban J connectivity index is 1.75. The number of rotatable bonds is 14. The zero-order valence-electron chi connectivity index (χ0n) is 23.0. The fourth-order valence-corrected chi connectivity index (χ4v) is 5.93. The second-order valence-electron chi connectivity index (χ2n) is 9.55. The molecule has 0 heterocycles. The van der Waals surface area contributed by atoms with E-state index in [0.717, 1.165) is 30.2 Å². The van der Waals surface area contributed by atoms with E-state index in [9.17, 15) is 27.1 Å². The summed E-state index contributed by atoms with van der Waals surface area (Å²) in [5.41, 5.74) is 2.69. The molecular weight excluding hydrogens is 536 g/mol. The molecule has 0 aromatic heterocycles. The quantitative estimate of drug-likeness (QED) is 0.270. The highest BCUT2D eigenvalue weighted by molar-refractivity contribution is 7.89. The number of nitrogens with zero attached hydrogens (tertiary/aromatic N) is 1. The van der Waals surface area contributed by atoms with Gasteiger partial charge in [-0.15, -0.1) is 0 Å². The number of aliphatic hydroxyl groups excluding tert-OH is 1. The summed E-state index contributed by atoms with van der Waals surface area (Å²) in [7, 11) is -3.68. The zero-order chi connectivity index (χ0) is 29.3. The van der Waals surface area contributed by atoms with Crippen LogP contribution in [0.5, 0.6) is 0 Å². The summed E-state index contributed by atoms with van der Waals surface area (Å²) in [5, 5.41) is 16.9. The summed E-state index contributed by atoms with van der Waals surface area (Å²) >= 11 is 0. The van der Waals surface area contributed by atoms with Crippen molar-refractivity contribution in [3.63, 3.8) is 0 Å². The third kappa shape index (κ3) is 8.41. The molecule has 3 rings (SSSR count). The van der Waals surface area contributed by atoms with E-state index >= 15 is 0 Å². The van der Waals surface area contributed by atoms with Gasteiger partial charge in [0.25, 0.3) is 5.91 Å². The standard InChI is InChI=1S/C30H37F2N3O4S/c1-4-21-8-7-9-22(14-21)19-33-20-29(36)28(17-23-15-25(31)18-26(32)16-23)34-30(37)24-10-12-27(13-11-24)40(38,39)35(5-2)6-3/h7-16,18,28-29,33,36H,4-6,17,19-20H2,1-3H3,(H,34,37). The third-order valence-electron chi connectivity index (χ3n) is 6.70. The van der Waals surface area contributed by atoms with Gasteiger partial charge in [0.1, 0.15) is 11.6 Å². The number of nitrogens with one attached hydrogen (secondary N) is 2. The highest BCUT2D eigenvalue weighted by atomic mass is 32.2. The van der Waals surface area contributed by atoms with Gasteiger partial charge >= 0.3 is 0 Å². The monoisotopic (exact) mass is 573 g/mol. The van der Waals surface area contributed by atoms with Crippen LogP contribution in [0.25, 0.3) is 0 Å². The van der Waals surface area contributed by atoms with Gasteiger partial charge in [-0.1, -0.05) is 45.0 Å². The normalized spacial score (nSPS) is 13.3. The Labute approximate surface area is 235 Å². The van der Waals surface area contributed by atoms with Gasteiger partial charge in [-0.2, -0.15) is 4.31 Å². The number of aliphatic hydroxyl groups is 1. The molecule has 0 bridgehead atoms. The van der Waals surface area contributed by atoms with E-state index in [2.05, 4.69) is 23.6 Å². The number of aryl methyl sites for hydroxylation is 1. The average molecular weight is 574 g/mol. The molecule has 3 N–H and O–H groups in total. The van der Waals surface area contributed by atoms with Crippen molar-refractivity contribution in [1.82, 2.24) is 14.9 Å². The van der Waals surface area contributed by atoms with Gasteiger partial charge in [-0.3, -0.25) is 4.79 Å². The summed E-state index contributed by atoms with van der Waals surface area (Å²) in [6.07, 6.45) is -0.216. The van der Waals surface area contributed by atoms with Crippen molar-refractivity contribution in [2.45, 2.75) is 57.2 Å². The molecular formula is C30H37F2N3O4S. The second kappa shape index (κ2) is 14.5. The number of hydrogen-bond donors (Lipinski definition) is 3. The number of sulfonamides is 1. The Hall–Kier alpha value is -3.18. The van der Waals surface area contributed by atoms with Gasteiger partial charge in [0.05, 0.1) is 17.0 Å². The molecule has 40 heavy (non-hydrogen) atoms. The molecule has 3 aromatic carbocycles. The van der Waals surface area contributed by atoms with E-state index in [1.807, 2.05) is 18.2 Å². The Morgan fingerprint density at radius 2 is 1.52 bits per heavy atom. The lowest BCUT2D eigenvalue weighted by Gasteiger charge is -2.25. The number of benzene rings is 3. The molecule has 0 spiro atoms. The van der Waals surface area contributed by atoms with E-state index in [-0.39, 0.29) is 29.0 Å². The van der Waals surface area contributed by atoms with Crippen molar-refractivity contribution in [1.29, 1.82) is 0 Å². The van der Waals surface area contributed by atoms with Gasteiger partial charge < -0.3 is 15.7 Å². The molecule has 0 aliphatic heterocycles. The molecule has 2 atom stereocenters. The topological polar surface area (TPSA) is 98.7 Å². The van der Waals surface area contributed by atoms with Crippen LogP contribution in [0.1, 0.15) is 47.8 Å². The largest absolute Gasteiger partial charge is 0.390 e. The van der Waals surface area contributed by atoms with Crippen LogP contribution >= 0.6 is 0 Å². The molecule has 0 fully saturated rings. The van der Waals surface area contributed by atoms with E-state index in [0.29, 0.717) is 19.6 Å². The smallest absolute Gasteiger partial charge is 0.251 e. The first-order chi connectivity index (χ1) is 19.1. The van der Waals surface area contributed by atoms with Gasteiger partial charge in [-0.05, 0) is 65.9 Å². The van der Waals surface area contributed by atoms with Gasteiger partial charge in [0, 0.05) is 37.8 Å². The van der Waals surface area contributed by atoms with Crippen LogP contribution in [-0.4, -0.2) is 55.5 Å². The molecule has 0 radical (unpaired) electrons. The number of carbonyl (C=O) groups is 1. The molecule has 1 amide bonds. The maximum Gasteiger partial charge on any atom is 0.251 e. The number of halogens is 2. The molecule has 2 unspecified atom stereocenters. The summed E-state index contributed by atoms with van der Waals surface area (Å²) in [4.78, 5) is 13.2. The van der Waals surface area contributed by atoms with Crippen LogP contribution in [0.3, 0.4) is 0 Å². The van der Waals surface area contributed by atoms with Gasteiger partial charge in [0.15, 0.2) is 0 Å². The minimum atomic E-state index is -3.68. The van der Waals surface area contributed by atoms with E-state index in [4.69, 9.17) is 0 Å². The second-order valence-corrected chi connectivity index (χ2v) is 11.5. The lowest BCUT2D eigenvalue weighted by molar-refractivity contribution is 0.0829. The lowest BCUT2D eigenvalue weighted by atomic mass is 10.00. The van der Waals surface area contributed by atoms with E-state index in [1.54, 1.807) is 13.8 Å². The van der Waals surface area contributed by atoms with E-state index in [1.165, 1.54) is 34.1 Å². The fourth-order valence-electron chi connectivity index (χ4n) is 4.47. The predicted octanol–water partition coefficient (Wildman–Crippen LogP) is 4.05. The number of carbonyl (C=O) groups excluding carboxylic acids is 1. The molecule has 3 aromatic rings. The number of hydrogen-bond acceptors (Lipinski definition) is 5. The Kier molecular flexibility index (Phi) is 11.3. The number of amides is 1. The predicted molar refractivity (Wildman–Crippen MR) is 151 cm³/mol. The van der Waals surface area contributed by atoms with Crippen LogP contribution in [0.15, 0.2) is 71.6 Å². The highest BCUT2D eigenvalue weighted by Crippen LogP contribution is 2.17. The van der Waals surface area contributed by atoms with E-state index < -0.39 is 39.7 Å². The highest BCUT2D eigenvalue weighted by Gasteiger charge is 2.25. The summed E-state index contributed by atoms with van der Waals surface area (Å²) in [5.74, 6) is -2.06. The van der Waals surface area contributed by atoms with Crippen molar-refractivity contribution in [3.05, 3.63) is 101 Å². The first kappa shape index (κ1) is 31.3. The fraction of sp³-hybridized carbons (Fsp3) is 0.367. The first-order valence-electron chi connectivity index (χ1n) is 13.4. The SMILES string of the molecule is CCc1cccc(CNCC(O)C(Cc2cc(F)cc(F)c2)NC(=O)c2ccc(S(=O)(=O)N(CC)CC)cc2)c1. The first-order valence-corrected chi connectivity index (χ1v) is 14.8. The Bertz CT molecular complexity index is 1360. The van der Waals surface area contributed by atoms with Gasteiger partial charge in [0.2, 0.25) is 10.0 Å². The Morgan fingerprint density at radius 3 is 2.12 bits per heavy atom. The zero-order valence-corrected chi connectivity index (χ0v) is 23.8. The maximum absolute atomic E-state index is 13.8. The minimum Gasteiger partial charge on any atom is -0.390 e. The van der Waals surface area contributed by atoms with Crippen LogP contribution in [0.4, 0.5) is 8.78 Å². The summed E-state index contributed by atoms with van der Waals surface area (Å²) < 4.78 is 54.5. The average Bonchev–Trinajstić information content (AvgIpc) is 2.92. The van der Waals surface area contributed by atoms with Crippen LogP contribution < -0.4 is 10.6 Å². The molecule has 10 heteroatoms. The molecule has 0 aliphatic carbocycles. The van der Waals surface area contributed by atoms with Crippen LogP contribution in [-0.2, 0) is 29.4 Å². The van der Waals surface area contributed by atoms with Crippen molar-refractivity contribution in [3.8, 4) is 0 Å². The maximum atomic E-state index is 13.8. The summed E-state index contributed by atoms with van der Waals surface area (Å²) in [6, 6.07) is 15.7. The van der Waals surface area contributed by atoms with Crippen molar-refractivity contribution < 1.29 is 27.1 Å². The Morgan fingerprint density at radius 1 is 0.900 bits per heavy atom. The molecule has 0 saturated heterocycles. The van der Waals surface area contributed by atoms with Crippen LogP contribution in [0.2, 0.25) is 0 Å². The molecule has 0 aliphatic rings. The minimum absolute atomic E-state index is 0.0248.